The van der Waals surface area contributed by atoms with E-state index in [1.165, 1.54) is 13.2 Å². The molecule has 1 rings (SSSR count). The van der Waals surface area contributed by atoms with Crippen LogP contribution in [0.1, 0.15) is 10.4 Å². The van der Waals surface area contributed by atoms with Gasteiger partial charge in [0.2, 0.25) is 0 Å². The molecule has 5 heteroatoms. The van der Waals surface area contributed by atoms with Gasteiger partial charge in [0.05, 0.1) is 12.7 Å². The minimum atomic E-state index is -0.573. The van der Waals surface area contributed by atoms with Gasteiger partial charge in [0.25, 0.3) is 0 Å². The van der Waals surface area contributed by atoms with Gasteiger partial charge in [0.15, 0.2) is 12.9 Å². The number of hydrogen-bond acceptors (Lipinski definition) is 4. The fraction of sp³-hybridized carbons (Fsp3) is 0.200. The van der Waals surface area contributed by atoms with E-state index < -0.39 is 11.8 Å². The first-order chi connectivity index (χ1) is 7.17. The summed E-state index contributed by atoms with van der Waals surface area (Å²) in [7, 11) is 1.22. The molecule has 0 fully saturated rings. The number of ether oxygens (including phenoxy) is 2. The van der Waals surface area contributed by atoms with Gasteiger partial charge in [-0.15, -0.1) is 0 Å². The first kappa shape index (κ1) is 11.2. The van der Waals surface area contributed by atoms with Gasteiger partial charge < -0.3 is 9.47 Å². The Morgan fingerprint density at radius 2 is 2.27 bits per heavy atom. The van der Waals surface area contributed by atoms with Crippen LogP contribution < -0.4 is 4.74 Å². The molecule has 0 aliphatic heterocycles. The second kappa shape index (κ2) is 5.09. The second-order valence-electron chi connectivity index (χ2n) is 2.66. The molecule has 0 radical (unpaired) electrons. The minimum absolute atomic E-state index is 0.0545. The smallest absolute Gasteiger partial charge is 0.343 e. The Bertz CT molecular complexity index is 376. The van der Waals surface area contributed by atoms with Gasteiger partial charge in [-0.25, -0.2) is 9.18 Å². The molecule has 0 aromatic heterocycles. The first-order valence-corrected chi connectivity index (χ1v) is 4.11. The van der Waals surface area contributed by atoms with Crippen molar-refractivity contribution in [1.29, 1.82) is 0 Å². The number of rotatable bonds is 4. The summed E-state index contributed by atoms with van der Waals surface area (Å²) in [6.45, 7) is -0.316. The number of methoxy groups -OCH3 is 1. The highest BCUT2D eigenvalue weighted by Gasteiger charge is 2.07. The second-order valence-corrected chi connectivity index (χ2v) is 2.66. The zero-order valence-electron chi connectivity index (χ0n) is 8.03. The Balaban J connectivity index is 2.76. The molecule has 0 aliphatic rings. The predicted molar refractivity (Wildman–Crippen MR) is 49.3 cm³/mol. The first-order valence-electron chi connectivity index (χ1n) is 4.11. The van der Waals surface area contributed by atoms with E-state index in [0.29, 0.717) is 6.29 Å². The van der Waals surface area contributed by atoms with Crippen molar-refractivity contribution in [3.8, 4) is 5.75 Å². The molecular weight excluding hydrogens is 203 g/mol. The van der Waals surface area contributed by atoms with Crippen LogP contribution in [0.15, 0.2) is 18.2 Å². The van der Waals surface area contributed by atoms with Crippen LogP contribution in [0.2, 0.25) is 0 Å². The van der Waals surface area contributed by atoms with E-state index in [-0.39, 0.29) is 17.9 Å². The van der Waals surface area contributed by atoms with Crippen molar-refractivity contribution in [3.05, 3.63) is 29.6 Å². The van der Waals surface area contributed by atoms with Crippen LogP contribution in [0.5, 0.6) is 5.75 Å². The molecule has 15 heavy (non-hydrogen) atoms. The van der Waals surface area contributed by atoms with Crippen LogP contribution in [-0.2, 0) is 9.53 Å². The fourth-order valence-corrected chi connectivity index (χ4v) is 0.938. The summed E-state index contributed by atoms with van der Waals surface area (Å²) in [6, 6.07) is 3.45. The van der Waals surface area contributed by atoms with Crippen molar-refractivity contribution in [2.45, 2.75) is 0 Å². The molecule has 0 saturated carbocycles. The van der Waals surface area contributed by atoms with Crippen LogP contribution in [-0.4, -0.2) is 26.0 Å². The summed E-state index contributed by atoms with van der Waals surface area (Å²) >= 11 is 0. The lowest BCUT2D eigenvalue weighted by molar-refractivity contribution is -0.142. The average molecular weight is 212 g/mol. The lowest BCUT2D eigenvalue weighted by Crippen LogP contribution is -2.13. The normalized spacial score (nSPS) is 9.47. The van der Waals surface area contributed by atoms with E-state index in [1.54, 1.807) is 0 Å². The molecule has 0 heterocycles. The predicted octanol–water partition coefficient (Wildman–Crippen LogP) is 1.19. The zero-order valence-corrected chi connectivity index (χ0v) is 8.03. The molecule has 0 bridgehead atoms. The molecule has 0 N–H and O–H groups in total. The van der Waals surface area contributed by atoms with Gasteiger partial charge >= 0.3 is 5.97 Å². The van der Waals surface area contributed by atoms with Gasteiger partial charge in [-0.2, -0.15) is 0 Å². The molecule has 0 atom stereocenters. The van der Waals surface area contributed by atoms with E-state index in [2.05, 4.69) is 4.74 Å². The van der Waals surface area contributed by atoms with Gasteiger partial charge in [-0.1, -0.05) is 0 Å². The Hall–Kier alpha value is -1.91. The summed E-state index contributed by atoms with van der Waals surface area (Å²) in [5, 5.41) is 0. The maximum Gasteiger partial charge on any atom is 0.343 e. The number of esters is 1. The highest BCUT2D eigenvalue weighted by Crippen LogP contribution is 2.17. The Morgan fingerprint density at radius 3 is 2.87 bits per heavy atom. The molecule has 0 spiro atoms. The maximum atomic E-state index is 12.7. The monoisotopic (exact) mass is 212 g/mol. The van der Waals surface area contributed by atoms with Crippen molar-refractivity contribution in [2.75, 3.05) is 13.7 Å². The van der Waals surface area contributed by atoms with Crippen LogP contribution in [0.3, 0.4) is 0 Å². The summed E-state index contributed by atoms with van der Waals surface area (Å²) < 4.78 is 22.0. The standard InChI is InChI=1S/C10H9FO4/c1-14-10(13)6-15-9-3-2-8(11)4-7(9)5-12/h2-5H,6H2,1H3. The van der Waals surface area contributed by atoms with E-state index in [4.69, 9.17) is 4.74 Å². The average Bonchev–Trinajstić information content (AvgIpc) is 2.26. The molecule has 1 aromatic carbocycles. The van der Waals surface area contributed by atoms with E-state index in [9.17, 15) is 14.0 Å². The topological polar surface area (TPSA) is 52.6 Å². The highest BCUT2D eigenvalue weighted by atomic mass is 19.1. The van der Waals surface area contributed by atoms with Crippen LogP contribution in [0.4, 0.5) is 4.39 Å². The van der Waals surface area contributed by atoms with E-state index >= 15 is 0 Å². The molecular formula is C10H9FO4. The maximum absolute atomic E-state index is 12.7. The van der Waals surface area contributed by atoms with Crippen molar-refractivity contribution >= 4 is 12.3 Å². The molecule has 4 nitrogen and oxygen atoms in total. The number of halogens is 1. The van der Waals surface area contributed by atoms with Crippen LogP contribution in [0.25, 0.3) is 0 Å². The number of carbonyl (C=O) groups is 2. The third-order valence-corrected chi connectivity index (χ3v) is 1.67. The minimum Gasteiger partial charge on any atom is -0.481 e. The molecule has 0 unspecified atom stereocenters. The van der Waals surface area contributed by atoms with Crippen LogP contribution in [0, 0.1) is 5.82 Å². The quantitative estimate of drug-likeness (QED) is 0.555. The van der Waals surface area contributed by atoms with Gasteiger partial charge in [0.1, 0.15) is 11.6 Å². The summed E-state index contributed by atoms with van der Waals surface area (Å²) in [5.41, 5.74) is 0.0545. The van der Waals surface area contributed by atoms with E-state index in [1.807, 2.05) is 0 Å². The summed E-state index contributed by atoms with van der Waals surface area (Å²) in [6.07, 6.45) is 0.454. The van der Waals surface area contributed by atoms with Crippen molar-refractivity contribution in [3.63, 3.8) is 0 Å². The Morgan fingerprint density at radius 1 is 1.53 bits per heavy atom. The zero-order chi connectivity index (χ0) is 11.3. The van der Waals surface area contributed by atoms with Gasteiger partial charge in [-0.3, -0.25) is 4.79 Å². The molecule has 0 saturated heterocycles. The SMILES string of the molecule is COC(=O)COc1ccc(F)cc1C=O. The molecule has 0 aliphatic carbocycles. The number of benzene rings is 1. The highest BCUT2D eigenvalue weighted by molar-refractivity contribution is 5.79. The third kappa shape index (κ3) is 3.05. The third-order valence-electron chi connectivity index (χ3n) is 1.67. The van der Waals surface area contributed by atoms with Gasteiger partial charge in [0, 0.05) is 0 Å². The Kier molecular flexibility index (Phi) is 3.79. The number of aldehydes is 1. The fourth-order valence-electron chi connectivity index (χ4n) is 0.938. The lowest BCUT2D eigenvalue weighted by Gasteiger charge is -2.06. The number of carbonyl (C=O) groups excluding carboxylic acids is 2. The molecule has 80 valence electrons. The lowest BCUT2D eigenvalue weighted by atomic mass is 10.2. The molecule has 1 aromatic rings. The summed E-state index contributed by atoms with van der Waals surface area (Å²) in [5.74, 6) is -0.963. The van der Waals surface area contributed by atoms with Crippen molar-refractivity contribution in [2.24, 2.45) is 0 Å². The van der Waals surface area contributed by atoms with Crippen molar-refractivity contribution in [1.82, 2.24) is 0 Å². The van der Waals surface area contributed by atoms with Crippen LogP contribution >= 0.6 is 0 Å². The van der Waals surface area contributed by atoms with E-state index in [0.717, 1.165) is 12.1 Å². The van der Waals surface area contributed by atoms with Gasteiger partial charge in [-0.05, 0) is 18.2 Å². The van der Waals surface area contributed by atoms with Crippen molar-refractivity contribution < 1.29 is 23.5 Å². The Labute approximate surface area is 85.6 Å². The largest absolute Gasteiger partial charge is 0.481 e. The number of hydrogen-bond donors (Lipinski definition) is 0. The summed E-state index contributed by atoms with van der Waals surface area (Å²) in [4.78, 5) is 21.3. The molecule has 0 amide bonds.